The zero-order valence-corrected chi connectivity index (χ0v) is 11.5. The molecule has 10 heteroatoms. The summed E-state index contributed by atoms with van der Waals surface area (Å²) in [6.45, 7) is 0. The molecule has 17 heavy (non-hydrogen) atoms. The molecule has 5 nitrogen and oxygen atoms in total. The maximum Gasteiger partial charge on any atom is 0.500 e. The molecule has 0 spiro atoms. The Labute approximate surface area is 99.1 Å². The van der Waals surface area contributed by atoms with Gasteiger partial charge in [0.05, 0.1) is 5.75 Å². The molecular weight excluding hydrogens is 281 g/mol. The number of rotatable bonds is 7. The van der Waals surface area contributed by atoms with Crippen molar-refractivity contribution in [2.45, 2.75) is 18.0 Å². The maximum atomic E-state index is 12.0. The molecule has 0 aliphatic heterocycles. The Morgan fingerprint density at radius 2 is 1.47 bits per heavy atom. The van der Waals surface area contributed by atoms with E-state index in [2.05, 4.69) is 0 Å². The van der Waals surface area contributed by atoms with E-state index in [0.717, 1.165) is 0 Å². The zero-order valence-electron chi connectivity index (χ0n) is 9.70. The molecule has 0 unspecified atom stereocenters. The summed E-state index contributed by atoms with van der Waals surface area (Å²) in [4.78, 5) is 0. The van der Waals surface area contributed by atoms with Crippen LogP contribution in [-0.4, -0.2) is 49.8 Å². The lowest BCUT2D eigenvalue weighted by Gasteiger charge is -2.24. The average Bonchev–Trinajstić information content (AvgIpc) is 2.23. The number of halogens is 3. The third-order valence-electron chi connectivity index (χ3n) is 2.18. The summed E-state index contributed by atoms with van der Waals surface area (Å²) >= 11 is 0. The Morgan fingerprint density at radius 1 is 1.06 bits per heavy atom. The molecule has 0 bridgehead atoms. The first-order chi connectivity index (χ1) is 7.64. The number of sulfone groups is 1. The van der Waals surface area contributed by atoms with Crippen LogP contribution in [-0.2, 0) is 23.1 Å². The Balaban J connectivity index is 4.43. The van der Waals surface area contributed by atoms with Gasteiger partial charge < -0.3 is 13.3 Å². The SMILES string of the molecule is CO[Si](CCCS(=O)(=O)C(F)(F)F)(OC)OC. The highest BCUT2D eigenvalue weighted by Gasteiger charge is 2.46. The van der Waals surface area contributed by atoms with E-state index in [9.17, 15) is 21.6 Å². The summed E-state index contributed by atoms with van der Waals surface area (Å²) in [5.74, 6) is -0.999. The van der Waals surface area contributed by atoms with Gasteiger partial charge in [0, 0.05) is 27.4 Å². The van der Waals surface area contributed by atoms with Crippen LogP contribution in [0.5, 0.6) is 0 Å². The van der Waals surface area contributed by atoms with Gasteiger partial charge in [-0.05, 0) is 6.42 Å². The lowest BCUT2D eigenvalue weighted by Crippen LogP contribution is -2.43. The van der Waals surface area contributed by atoms with Gasteiger partial charge in [-0.15, -0.1) is 0 Å². The van der Waals surface area contributed by atoms with Gasteiger partial charge in [-0.2, -0.15) is 13.2 Å². The van der Waals surface area contributed by atoms with Crippen molar-refractivity contribution in [2.24, 2.45) is 0 Å². The fraction of sp³-hybridized carbons (Fsp3) is 1.00. The van der Waals surface area contributed by atoms with Crippen LogP contribution in [0.2, 0.25) is 6.04 Å². The van der Waals surface area contributed by atoms with Crippen LogP contribution >= 0.6 is 0 Å². The monoisotopic (exact) mass is 296 g/mol. The molecule has 0 aromatic rings. The third kappa shape index (κ3) is 4.54. The van der Waals surface area contributed by atoms with Crippen LogP contribution in [0.1, 0.15) is 6.42 Å². The molecule has 0 N–H and O–H groups in total. The largest absolute Gasteiger partial charge is 0.500 e. The van der Waals surface area contributed by atoms with Gasteiger partial charge in [-0.1, -0.05) is 0 Å². The minimum atomic E-state index is -5.22. The standard InChI is InChI=1S/C7H15F3O5SSi/c1-13-17(14-2,15-3)6-4-5-16(11,12)7(8,9)10/h4-6H2,1-3H3. The highest BCUT2D eigenvalue weighted by Crippen LogP contribution is 2.25. The number of hydrogen-bond acceptors (Lipinski definition) is 5. The van der Waals surface area contributed by atoms with Gasteiger partial charge in [0.2, 0.25) is 9.84 Å². The van der Waals surface area contributed by atoms with Gasteiger partial charge in [0.15, 0.2) is 0 Å². The van der Waals surface area contributed by atoms with E-state index in [1.165, 1.54) is 21.3 Å². The van der Waals surface area contributed by atoms with Crippen LogP contribution in [0.4, 0.5) is 13.2 Å². The van der Waals surface area contributed by atoms with Crippen molar-refractivity contribution in [3.63, 3.8) is 0 Å². The molecule has 0 saturated carbocycles. The first-order valence-corrected chi connectivity index (χ1v) is 8.17. The molecular formula is C7H15F3O5SSi. The molecule has 104 valence electrons. The van der Waals surface area contributed by atoms with Crippen LogP contribution in [0.15, 0.2) is 0 Å². The molecule has 0 fully saturated rings. The molecule has 0 aromatic heterocycles. The highest BCUT2D eigenvalue weighted by molar-refractivity contribution is 7.92. The molecule has 0 atom stereocenters. The van der Waals surface area contributed by atoms with Gasteiger partial charge in [-0.25, -0.2) is 8.42 Å². The normalized spacial score (nSPS) is 14.0. The zero-order chi connectivity index (χ0) is 13.7. The molecule has 0 aromatic carbocycles. The van der Waals surface area contributed by atoms with Crippen LogP contribution in [0.25, 0.3) is 0 Å². The Kier molecular flexibility index (Phi) is 6.08. The van der Waals surface area contributed by atoms with Crippen molar-refractivity contribution in [3.05, 3.63) is 0 Å². The van der Waals surface area contributed by atoms with Crippen molar-refractivity contribution in [2.75, 3.05) is 27.1 Å². The third-order valence-corrected chi connectivity index (χ3v) is 6.55. The summed E-state index contributed by atoms with van der Waals surface area (Å²) < 4.78 is 72.5. The molecule has 0 aliphatic rings. The summed E-state index contributed by atoms with van der Waals surface area (Å²) in [7, 11) is -4.19. The van der Waals surface area contributed by atoms with Crippen LogP contribution in [0, 0.1) is 0 Å². The van der Waals surface area contributed by atoms with E-state index < -0.39 is 29.9 Å². The molecule has 0 rings (SSSR count). The highest BCUT2D eigenvalue weighted by atomic mass is 32.2. The van der Waals surface area contributed by atoms with E-state index in [0.29, 0.717) is 0 Å². The van der Waals surface area contributed by atoms with Crippen molar-refractivity contribution >= 4 is 18.6 Å². The van der Waals surface area contributed by atoms with Crippen molar-refractivity contribution in [3.8, 4) is 0 Å². The van der Waals surface area contributed by atoms with Gasteiger partial charge in [0.1, 0.15) is 0 Å². The van der Waals surface area contributed by atoms with E-state index >= 15 is 0 Å². The van der Waals surface area contributed by atoms with Gasteiger partial charge in [0.25, 0.3) is 0 Å². The lowest BCUT2D eigenvalue weighted by molar-refractivity contribution is -0.0435. The Morgan fingerprint density at radius 3 is 1.76 bits per heavy atom. The summed E-state index contributed by atoms with van der Waals surface area (Å²) in [6, 6.07) is 0.00576. The molecule has 0 amide bonds. The van der Waals surface area contributed by atoms with Crippen LogP contribution < -0.4 is 0 Å². The molecule has 0 heterocycles. The fourth-order valence-corrected chi connectivity index (χ4v) is 3.88. The summed E-state index contributed by atoms with van der Waals surface area (Å²) in [5.41, 5.74) is -5.22. The van der Waals surface area contributed by atoms with E-state index in [-0.39, 0.29) is 12.5 Å². The second-order valence-electron chi connectivity index (χ2n) is 3.16. The van der Waals surface area contributed by atoms with Crippen LogP contribution in [0.3, 0.4) is 0 Å². The Hall–Kier alpha value is -0.163. The number of hydrogen-bond donors (Lipinski definition) is 0. The van der Waals surface area contributed by atoms with Gasteiger partial charge in [-0.3, -0.25) is 0 Å². The minimum Gasteiger partial charge on any atom is -0.377 e. The first-order valence-electron chi connectivity index (χ1n) is 4.58. The summed E-state index contributed by atoms with van der Waals surface area (Å²) in [6.07, 6.45) is -0.233. The molecule has 0 saturated heterocycles. The van der Waals surface area contributed by atoms with Crippen molar-refractivity contribution in [1.82, 2.24) is 0 Å². The predicted octanol–water partition coefficient (Wildman–Crippen LogP) is 1.19. The van der Waals surface area contributed by atoms with E-state index in [4.69, 9.17) is 13.3 Å². The second kappa shape index (κ2) is 6.14. The van der Waals surface area contributed by atoms with Gasteiger partial charge >= 0.3 is 14.3 Å². The lowest BCUT2D eigenvalue weighted by atomic mass is 10.6. The number of alkyl halides is 3. The topological polar surface area (TPSA) is 61.8 Å². The maximum absolute atomic E-state index is 12.0. The smallest absolute Gasteiger partial charge is 0.377 e. The van der Waals surface area contributed by atoms with E-state index in [1.54, 1.807) is 0 Å². The van der Waals surface area contributed by atoms with Crippen molar-refractivity contribution in [1.29, 1.82) is 0 Å². The molecule has 0 aliphatic carbocycles. The average molecular weight is 296 g/mol. The van der Waals surface area contributed by atoms with E-state index in [1.807, 2.05) is 0 Å². The second-order valence-corrected chi connectivity index (χ2v) is 8.35. The fourth-order valence-electron chi connectivity index (χ4n) is 1.15. The summed E-state index contributed by atoms with van der Waals surface area (Å²) in [5, 5.41) is 0. The minimum absolute atomic E-state index is 0.00576. The molecule has 0 radical (unpaired) electrons. The first kappa shape index (κ1) is 16.8. The predicted molar refractivity (Wildman–Crippen MR) is 56.0 cm³/mol. The quantitative estimate of drug-likeness (QED) is 0.660. The van der Waals surface area contributed by atoms with Crippen molar-refractivity contribution < 1.29 is 34.9 Å². The Bertz CT molecular complexity index is 317.